The first-order valence-corrected chi connectivity index (χ1v) is 5.47. The van der Waals surface area contributed by atoms with Crippen LogP contribution in [0.4, 0.5) is 4.79 Å². The molecule has 0 saturated heterocycles. The number of hydrogen-bond acceptors (Lipinski definition) is 3. The fourth-order valence-corrected chi connectivity index (χ4v) is 1.21. The average molecular weight is 235 g/mol. The van der Waals surface area contributed by atoms with E-state index in [1.54, 1.807) is 0 Å². The molecular formula is C13H17NO3. The van der Waals surface area contributed by atoms with Crippen LogP contribution in [0.5, 0.6) is 0 Å². The summed E-state index contributed by atoms with van der Waals surface area (Å²) in [4.78, 5) is 11.2. The molecule has 0 aliphatic carbocycles. The molecule has 0 saturated carbocycles. The van der Waals surface area contributed by atoms with Crippen molar-refractivity contribution in [2.45, 2.75) is 19.1 Å². The second-order valence-electron chi connectivity index (χ2n) is 3.58. The van der Waals surface area contributed by atoms with Crippen molar-refractivity contribution in [3.63, 3.8) is 0 Å². The summed E-state index contributed by atoms with van der Waals surface area (Å²) in [7, 11) is 0. The predicted octanol–water partition coefficient (Wildman–Crippen LogP) is 1.85. The molecule has 0 unspecified atom stereocenters. The zero-order chi connectivity index (χ0) is 12.5. The molecule has 1 aromatic carbocycles. The fraction of sp³-hybridized carbons (Fsp3) is 0.308. The van der Waals surface area contributed by atoms with Crippen molar-refractivity contribution in [2.75, 3.05) is 6.54 Å². The lowest BCUT2D eigenvalue weighted by molar-refractivity contribution is 0.137. The van der Waals surface area contributed by atoms with Crippen LogP contribution in [-0.2, 0) is 11.3 Å². The normalized spacial score (nSPS) is 11.6. The molecule has 1 rings (SSSR count). The van der Waals surface area contributed by atoms with Gasteiger partial charge < -0.3 is 15.2 Å². The van der Waals surface area contributed by atoms with Crippen LogP contribution in [0, 0.1) is 0 Å². The number of carbonyl (C=O) groups excluding carboxylic acids is 1. The van der Waals surface area contributed by atoms with Crippen molar-refractivity contribution < 1.29 is 14.6 Å². The molecular weight excluding hydrogens is 218 g/mol. The molecule has 0 fully saturated rings. The maximum Gasteiger partial charge on any atom is 0.407 e. The molecule has 0 heterocycles. The van der Waals surface area contributed by atoms with Crippen LogP contribution < -0.4 is 5.32 Å². The van der Waals surface area contributed by atoms with Gasteiger partial charge in [0.1, 0.15) is 6.61 Å². The van der Waals surface area contributed by atoms with Crippen LogP contribution in [0.15, 0.2) is 43.0 Å². The average Bonchev–Trinajstić information content (AvgIpc) is 2.37. The van der Waals surface area contributed by atoms with Crippen LogP contribution in [0.25, 0.3) is 0 Å². The Morgan fingerprint density at radius 3 is 2.82 bits per heavy atom. The van der Waals surface area contributed by atoms with Gasteiger partial charge in [0.05, 0.1) is 6.10 Å². The molecule has 4 heteroatoms. The standard InChI is InChI=1S/C13H17NO3/c1-2-12(15)8-9-14-13(16)17-10-11-6-4-3-5-7-11/h2-7,12,15H,1,8-10H2,(H,14,16)/t12-/m0/s1. The zero-order valence-electron chi connectivity index (χ0n) is 9.63. The third kappa shape index (κ3) is 5.73. The SMILES string of the molecule is C=C[C@H](O)CCNC(=O)OCc1ccccc1. The quantitative estimate of drug-likeness (QED) is 0.740. The van der Waals surface area contributed by atoms with Crippen LogP contribution in [-0.4, -0.2) is 23.8 Å². The van der Waals surface area contributed by atoms with Crippen LogP contribution >= 0.6 is 0 Å². The van der Waals surface area contributed by atoms with Crippen molar-refractivity contribution in [1.82, 2.24) is 5.32 Å². The van der Waals surface area contributed by atoms with Crippen molar-refractivity contribution >= 4 is 6.09 Å². The van der Waals surface area contributed by atoms with E-state index in [0.29, 0.717) is 13.0 Å². The fourth-order valence-electron chi connectivity index (χ4n) is 1.21. The molecule has 0 aromatic heterocycles. The maximum absolute atomic E-state index is 11.2. The molecule has 92 valence electrons. The summed E-state index contributed by atoms with van der Waals surface area (Å²) >= 11 is 0. The number of nitrogens with one attached hydrogen (secondary N) is 1. The number of aliphatic hydroxyl groups is 1. The van der Waals surface area contributed by atoms with E-state index in [0.717, 1.165) is 5.56 Å². The van der Waals surface area contributed by atoms with Gasteiger partial charge in [0.2, 0.25) is 0 Å². The predicted molar refractivity (Wildman–Crippen MR) is 65.5 cm³/mol. The minimum absolute atomic E-state index is 0.247. The number of alkyl carbamates (subject to hydrolysis) is 1. The molecule has 1 aromatic rings. The largest absolute Gasteiger partial charge is 0.445 e. The van der Waals surface area contributed by atoms with Crippen molar-refractivity contribution in [1.29, 1.82) is 0 Å². The van der Waals surface area contributed by atoms with Gasteiger partial charge in [0, 0.05) is 6.54 Å². The van der Waals surface area contributed by atoms with Gasteiger partial charge in [-0.25, -0.2) is 4.79 Å². The molecule has 0 radical (unpaired) electrons. The summed E-state index contributed by atoms with van der Waals surface area (Å²) in [5.41, 5.74) is 0.939. The van der Waals surface area contributed by atoms with Gasteiger partial charge in [-0.3, -0.25) is 0 Å². The number of benzene rings is 1. The van der Waals surface area contributed by atoms with Crippen molar-refractivity contribution in [2.24, 2.45) is 0 Å². The van der Waals surface area contributed by atoms with Crippen molar-refractivity contribution in [3.05, 3.63) is 48.6 Å². The number of aliphatic hydroxyl groups excluding tert-OH is 1. The highest BCUT2D eigenvalue weighted by molar-refractivity contribution is 5.67. The Morgan fingerprint density at radius 1 is 1.47 bits per heavy atom. The summed E-state index contributed by atoms with van der Waals surface area (Å²) in [6.07, 6.45) is 0.788. The summed E-state index contributed by atoms with van der Waals surface area (Å²) in [6, 6.07) is 9.44. The first-order valence-electron chi connectivity index (χ1n) is 5.47. The molecule has 0 spiro atoms. The Kier molecular flexibility index (Phi) is 5.82. The number of carbonyl (C=O) groups is 1. The van der Waals surface area contributed by atoms with Gasteiger partial charge in [-0.15, -0.1) is 6.58 Å². The molecule has 0 aliphatic rings. The Hall–Kier alpha value is -1.81. The van der Waals surface area contributed by atoms with Gasteiger partial charge in [-0.05, 0) is 12.0 Å². The van der Waals surface area contributed by atoms with E-state index in [4.69, 9.17) is 9.84 Å². The molecule has 1 atom stereocenters. The maximum atomic E-state index is 11.2. The van der Waals surface area contributed by atoms with Gasteiger partial charge in [0.15, 0.2) is 0 Å². The summed E-state index contributed by atoms with van der Waals surface area (Å²) in [6.45, 7) is 4.05. The third-order valence-electron chi connectivity index (χ3n) is 2.19. The molecule has 1 amide bonds. The third-order valence-corrected chi connectivity index (χ3v) is 2.19. The Balaban J connectivity index is 2.15. The second-order valence-corrected chi connectivity index (χ2v) is 3.58. The Morgan fingerprint density at radius 2 is 2.18 bits per heavy atom. The number of ether oxygens (including phenoxy) is 1. The van der Waals surface area contributed by atoms with Gasteiger partial charge in [-0.2, -0.15) is 0 Å². The highest BCUT2D eigenvalue weighted by Crippen LogP contribution is 2.00. The van der Waals surface area contributed by atoms with Crippen LogP contribution in [0.3, 0.4) is 0 Å². The molecule has 2 N–H and O–H groups in total. The first-order chi connectivity index (χ1) is 8.22. The highest BCUT2D eigenvalue weighted by Gasteiger charge is 2.03. The lowest BCUT2D eigenvalue weighted by Crippen LogP contribution is -2.27. The molecule has 17 heavy (non-hydrogen) atoms. The van der Waals surface area contributed by atoms with Gasteiger partial charge >= 0.3 is 6.09 Å². The lowest BCUT2D eigenvalue weighted by Gasteiger charge is -2.08. The van der Waals surface area contributed by atoms with E-state index >= 15 is 0 Å². The zero-order valence-corrected chi connectivity index (χ0v) is 9.63. The smallest absolute Gasteiger partial charge is 0.407 e. The van der Waals surface area contributed by atoms with E-state index in [2.05, 4.69) is 11.9 Å². The summed E-state index contributed by atoms with van der Waals surface area (Å²) in [5, 5.41) is 11.7. The number of hydrogen-bond donors (Lipinski definition) is 2. The Labute approximate surface area is 101 Å². The minimum atomic E-state index is -0.593. The van der Waals surface area contributed by atoms with Crippen LogP contribution in [0.1, 0.15) is 12.0 Å². The van der Waals surface area contributed by atoms with Crippen LogP contribution in [0.2, 0.25) is 0 Å². The van der Waals surface area contributed by atoms with Gasteiger partial charge in [-0.1, -0.05) is 36.4 Å². The van der Waals surface area contributed by atoms with E-state index in [1.807, 2.05) is 30.3 Å². The summed E-state index contributed by atoms with van der Waals surface area (Å²) < 4.78 is 4.99. The molecule has 0 bridgehead atoms. The first kappa shape index (κ1) is 13.3. The molecule has 0 aliphatic heterocycles. The monoisotopic (exact) mass is 235 g/mol. The number of amides is 1. The van der Waals surface area contributed by atoms with Gasteiger partial charge in [0.25, 0.3) is 0 Å². The highest BCUT2D eigenvalue weighted by atomic mass is 16.5. The van der Waals surface area contributed by atoms with E-state index in [9.17, 15) is 4.79 Å². The van der Waals surface area contributed by atoms with E-state index in [1.165, 1.54) is 6.08 Å². The second kappa shape index (κ2) is 7.46. The minimum Gasteiger partial charge on any atom is -0.445 e. The van der Waals surface area contributed by atoms with Crippen molar-refractivity contribution in [3.8, 4) is 0 Å². The lowest BCUT2D eigenvalue weighted by atomic mass is 10.2. The van der Waals surface area contributed by atoms with E-state index in [-0.39, 0.29) is 6.61 Å². The Bertz CT molecular complexity index is 351. The summed E-state index contributed by atoms with van der Waals surface area (Å²) in [5.74, 6) is 0. The van der Waals surface area contributed by atoms with E-state index < -0.39 is 12.2 Å². The number of rotatable bonds is 6. The topological polar surface area (TPSA) is 58.6 Å². The molecule has 4 nitrogen and oxygen atoms in total.